The minimum absolute atomic E-state index is 0.589. The van der Waals surface area contributed by atoms with E-state index in [1.807, 2.05) is 27.0 Å². The van der Waals surface area contributed by atoms with Crippen LogP contribution in [0.15, 0.2) is 18.2 Å². The van der Waals surface area contributed by atoms with Gasteiger partial charge in [0.1, 0.15) is 11.6 Å². The van der Waals surface area contributed by atoms with Crippen molar-refractivity contribution in [2.45, 2.75) is 13.8 Å². The van der Waals surface area contributed by atoms with Crippen molar-refractivity contribution in [1.29, 1.82) is 0 Å². The molecule has 18 heavy (non-hydrogen) atoms. The highest BCUT2D eigenvalue weighted by Gasteiger charge is 2.13. The van der Waals surface area contributed by atoms with Gasteiger partial charge in [-0.2, -0.15) is 0 Å². The van der Waals surface area contributed by atoms with Crippen molar-refractivity contribution in [3.05, 3.63) is 39.6 Å². The minimum atomic E-state index is 0.589. The molecule has 3 nitrogen and oxygen atoms in total. The highest BCUT2D eigenvalue weighted by Crippen LogP contribution is 2.32. The number of halogens is 2. The second kappa shape index (κ2) is 5.12. The zero-order valence-corrected chi connectivity index (χ0v) is 11.9. The summed E-state index contributed by atoms with van der Waals surface area (Å²) in [6.07, 6.45) is 0. The van der Waals surface area contributed by atoms with Crippen molar-refractivity contribution >= 4 is 29.0 Å². The molecule has 0 aliphatic rings. The molecule has 0 saturated carbocycles. The molecule has 0 aliphatic heterocycles. The lowest BCUT2D eigenvalue weighted by atomic mass is 10.1. The molecule has 0 amide bonds. The molecule has 1 aromatic heterocycles. The highest BCUT2D eigenvalue weighted by molar-refractivity contribution is 6.36. The van der Waals surface area contributed by atoms with Crippen LogP contribution < -0.4 is 5.32 Å². The summed E-state index contributed by atoms with van der Waals surface area (Å²) in [7, 11) is 1.84. The molecule has 1 heterocycles. The summed E-state index contributed by atoms with van der Waals surface area (Å²) < 4.78 is 0. The van der Waals surface area contributed by atoms with Crippen LogP contribution in [-0.4, -0.2) is 17.0 Å². The molecule has 1 aromatic carbocycles. The van der Waals surface area contributed by atoms with Crippen molar-refractivity contribution in [2.24, 2.45) is 0 Å². The third-order valence-electron chi connectivity index (χ3n) is 2.68. The maximum absolute atomic E-state index is 6.22. The van der Waals surface area contributed by atoms with Gasteiger partial charge in [-0.05, 0) is 32.0 Å². The lowest BCUT2D eigenvalue weighted by Gasteiger charge is -2.12. The van der Waals surface area contributed by atoms with Crippen LogP contribution in [0.4, 0.5) is 5.82 Å². The first kappa shape index (κ1) is 13.1. The molecule has 0 saturated heterocycles. The molecule has 2 aromatic rings. The van der Waals surface area contributed by atoms with E-state index in [9.17, 15) is 0 Å². The molecule has 0 bridgehead atoms. The Kier molecular flexibility index (Phi) is 3.73. The number of aryl methyl sites for hydroxylation is 1. The molecule has 0 aliphatic carbocycles. The summed E-state index contributed by atoms with van der Waals surface area (Å²) in [5.74, 6) is 1.51. The molecular weight excluding hydrogens is 269 g/mol. The van der Waals surface area contributed by atoms with Crippen molar-refractivity contribution < 1.29 is 0 Å². The van der Waals surface area contributed by atoms with Crippen LogP contribution in [0.2, 0.25) is 10.0 Å². The quantitative estimate of drug-likeness (QED) is 0.900. The second-order valence-electron chi connectivity index (χ2n) is 3.97. The van der Waals surface area contributed by atoms with Crippen molar-refractivity contribution in [3.8, 4) is 11.3 Å². The van der Waals surface area contributed by atoms with Gasteiger partial charge in [-0.3, -0.25) is 0 Å². The number of nitrogens with zero attached hydrogens (tertiary/aromatic N) is 2. The predicted octanol–water partition coefficient (Wildman–Crippen LogP) is 4.11. The van der Waals surface area contributed by atoms with Crippen molar-refractivity contribution in [3.63, 3.8) is 0 Å². The Morgan fingerprint density at radius 3 is 2.44 bits per heavy atom. The SMILES string of the molecule is CNc1nc(C)nc(-c2ccc(Cl)cc2Cl)c1C. The predicted molar refractivity (Wildman–Crippen MR) is 76.5 cm³/mol. The van der Waals surface area contributed by atoms with Crippen LogP contribution in [0.25, 0.3) is 11.3 Å². The number of hydrogen-bond donors (Lipinski definition) is 1. The average molecular weight is 282 g/mol. The molecular formula is C13H13Cl2N3. The molecule has 0 spiro atoms. The van der Waals surface area contributed by atoms with Gasteiger partial charge in [0.2, 0.25) is 0 Å². The van der Waals surface area contributed by atoms with Gasteiger partial charge in [0.15, 0.2) is 0 Å². The Morgan fingerprint density at radius 1 is 1.11 bits per heavy atom. The summed E-state index contributed by atoms with van der Waals surface area (Å²) in [4.78, 5) is 8.80. The molecule has 5 heteroatoms. The first-order valence-electron chi connectivity index (χ1n) is 5.51. The Labute approximate surface area is 116 Å². The van der Waals surface area contributed by atoms with Crippen molar-refractivity contribution in [2.75, 3.05) is 12.4 Å². The number of anilines is 1. The van der Waals surface area contributed by atoms with Crippen LogP contribution in [0.1, 0.15) is 11.4 Å². The molecule has 0 radical (unpaired) electrons. The number of benzene rings is 1. The second-order valence-corrected chi connectivity index (χ2v) is 4.81. The zero-order chi connectivity index (χ0) is 13.3. The fraction of sp³-hybridized carbons (Fsp3) is 0.231. The van der Waals surface area contributed by atoms with E-state index in [-0.39, 0.29) is 0 Å². The van der Waals surface area contributed by atoms with Gasteiger partial charge in [0.25, 0.3) is 0 Å². The lowest BCUT2D eigenvalue weighted by molar-refractivity contribution is 1.04. The number of rotatable bonds is 2. The topological polar surface area (TPSA) is 37.8 Å². The van der Waals surface area contributed by atoms with Crippen LogP contribution in [0.3, 0.4) is 0 Å². The van der Waals surface area contributed by atoms with E-state index in [0.717, 1.165) is 22.6 Å². The Hall–Kier alpha value is -1.32. The maximum atomic E-state index is 6.22. The fourth-order valence-electron chi connectivity index (χ4n) is 1.82. The van der Waals surface area contributed by atoms with Gasteiger partial charge in [0.05, 0.1) is 10.7 Å². The van der Waals surface area contributed by atoms with E-state index in [4.69, 9.17) is 23.2 Å². The summed E-state index contributed by atoms with van der Waals surface area (Å²) in [5.41, 5.74) is 2.65. The van der Waals surface area contributed by atoms with Gasteiger partial charge in [-0.1, -0.05) is 23.2 Å². The first-order chi connectivity index (χ1) is 8.52. The van der Waals surface area contributed by atoms with Crippen LogP contribution >= 0.6 is 23.2 Å². The Morgan fingerprint density at radius 2 is 1.83 bits per heavy atom. The monoisotopic (exact) mass is 281 g/mol. The standard InChI is InChI=1S/C13H13Cl2N3/c1-7-12(17-8(2)18-13(7)16-3)10-5-4-9(14)6-11(10)15/h4-6H,1-3H3,(H,16,17,18). The van der Waals surface area contributed by atoms with Gasteiger partial charge in [0, 0.05) is 23.2 Å². The molecule has 0 atom stereocenters. The third-order valence-corrected chi connectivity index (χ3v) is 3.23. The smallest absolute Gasteiger partial charge is 0.132 e. The summed E-state index contributed by atoms with van der Waals surface area (Å²) >= 11 is 12.1. The lowest BCUT2D eigenvalue weighted by Crippen LogP contribution is -2.02. The van der Waals surface area contributed by atoms with Gasteiger partial charge >= 0.3 is 0 Å². The van der Waals surface area contributed by atoms with Gasteiger partial charge in [-0.25, -0.2) is 9.97 Å². The van der Waals surface area contributed by atoms with E-state index in [1.165, 1.54) is 0 Å². The number of hydrogen-bond acceptors (Lipinski definition) is 3. The molecule has 0 fully saturated rings. The van der Waals surface area contributed by atoms with E-state index in [1.54, 1.807) is 12.1 Å². The summed E-state index contributed by atoms with van der Waals surface area (Å²) in [6.45, 7) is 3.82. The molecule has 2 rings (SSSR count). The summed E-state index contributed by atoms with van der Waals surface area (Å²) in [6, 6.07) is 5.39. The third kappa shape index (κ3) is 2.42. The Bertz CT molecular complexity index is 597. The molecule has 1 N–H and O–H groups in total. The summed E-state index contributed by atoms with van der Waals surface area (Å²) in [5, 5.41) is 4.26. The minimum Gasteiger partial charge on any atom is -0.373 e. The van der Waals surface area contributed by atoms with E-state index in [0.29, 0.717) is 15.9 Å². The zero-order valence-electron chi connectivity index (χ0n) is 10.4. The van der Waals surface area contributed by atoms with E-state index >= 15 is 0 Å². The Balaban J connectivity index is 2.67. The normalized spacial score (nSPS) is 10.5. The number of aromatic nitrogens is 2. The van der Waals surface area contributed by atoms with Crippen LogP contribution in [0, 0.1) is 13.8 Å². The highest BCUT2D eigenvalue weighted by atomic mass is 35.5. The van der Waals surface area contributed by atoms with E-state index in [2.05, 4.69) is 15.3 Å². The number of nitrogens with one attached hydrogen (secondary N) is 1. The molecule has 0 unspecified atom stereocenters. The maximum Gasteiger partial charge on any atom is 0.132 e. The average Bonchev–Trinajstić information content (AvgIpc) is 2.32. The van der Waals surface area contributed by atoms with Crippen LogP contribution in [0.5, 0.6) is 0 Å². The first-order valence-corrected chi connectivity index (χ1v) is 6.27. The van der Waals surface area contributed by atoms with Crippen LogP contribution in [-0.2, 0) is 0 Å². The van der Waals surface area contributed by atoms with Gasteiger partial charge in [-0.15, -0.1) is 0 Å². The molecule has 94 valence electrons. The largest absolute Gasteiger partial charge is 0.373 e. The van der Waals surface area contributed by atoms with Crippen molar-refractivity contribution in [1.82, 2.24) is 9.97 Å². The van der Waals surface area contributed by atoms with E-state index < -0.39 is 0 Å². The van der Waals surface area contributed by atoms with Gasteiger partial charge < -0.3 is 5.32 Å². The fourth-order valence-corrected chi connectivity index (χ4v) is 2.31.